The maximum atomic E-state index is 5.67. The first-order valence-corrected chi connectivity index (χ1v) is 5.77. The summed E-state index contributed by atoms with van der Waals surface area (Å²) in [6, 6.07) is 5.72. The quantitative estimate of drug-likeness (QED) is 0.741. The maximum Gasteiger partial charge on any atom is 0.126 e. The van der Waals surface area contributed by atoms with Gasteiger partial charge >= 0.3 is 0 Å². The molecule has 0 spiro atoms. The van der Waals surface area contributed by atoms with Crippen molar-refractivity contribution in [1.29, 1.82) is 0 Å². The molecule has 0 heterocycles. The molecule has 0 aromatic heterocycles. The highest BCUT2D eigenvalue weighted by molar-refractivity contribution is 5.41. The SMILES string of the molecule is COc1cc(OC)cc(OCCCC(C)N)c1. The third-order valence-electron chi connectivity index (χ3n) is 2.40. The number of ether oxygens (including phenoxy) is 3. The summed E-state index contributed by atoms with van der Waals surface area (Å²) in [5.74, 6) is 2.21. The highest BCUT2D eigenvalue weighted by Gasteiger charge is 2.03. The molecule has 2 N–H and O–H groups in total. The Morgan fingerprint density at radius 3 is 2.06 bits per heavy atom. The molecule has 4 heteroatoms. The van der Waals surface area contributed by atoms with Gasteiger partial charge in [0.1, 0.15) is 17.2 Å². The Labute approximate surface area is 103 Å². The summed E-state index contributed by atoms with van der Waals surface area (Å²) in [5.41, 5.74) is 5.67. The van der Waals surface area contributed by atoms with Crippen molar-refractivity contribution in [2.45, 2.75) is 25.8 Å². The Kier molecular flexibility index (Phi) is 5.63. The lowest BCUT2D eigenvalue weighted by molar-refractivity contribution is 0.298. The Bertz CT molecular complexity index is 317. The third-order valence-corrected chi connectivity index (χ3v) is 2.40. The number of nitrogens with two attached hydrogens (primary N) is 1. The maximum absolute atomic E-state index is 5.67. The molecule has 1 rings (SSSR count). The van der Waals surface area contributed by atoms with E-state index in [4.69, 9.17) is 19.9 Å². The van der Waals surface area contributed by atoms with E-state index >= 15 is 0 Å². The van der Waals surface area contributed by atoms with Crippen LogP contribution in [0.5, 0.6) is 17.2 Å². The molecule has 1 atom stereocenters. The van der Waals surface area contributed by atoms with E-state index in [-0.39, 0.29) is 6.04 Å². The van der Waals surface area contributed by atoms with Crippen LogP contribution in [0.1, 0.15) is 19.8 Å². The molecule has 17 heavy (non-hydrogen) atoms. The van der Waals surface area contributed by atoms with Crippen molar-refractivity contribution in [1.82, 2.24) is 0 Å². The molecular formula is C13H21NO3. The molecule has 0 bridgehead atoms. The molecule has 4 nitrogen and oxygen atoms in total. The van der Waals surface area contributed by atoms with Crippen molar-refractivity contribution in [2.24, 2.45) is 5.73 Å². The predicted molar refractivity (Wildman–Crippen MR) is 67.9 cm³/mol. The number of rotatable bonds is 7. The van der Waals surface area contributed by atoms with Gasteiger partial charge in [-0.3, -0.25) is 0 Å². The molecule has 0 amide bonds. The second-order valence-corrected chi connectivity index (χ2v) is 4.02. The Balaban J connectivity index is 2.51. The lowest BCUT2D eigenvalue weighted by Gasteiger charge is -2.10. The summed E-state index contributed by atoms with van der Waals surface area (Å²) >= 11 is 0. The molecule has 1 aromatic rings. The number of hydrogen-bond donors (Lipinski definition) is 1. The van der Waals surface area contributed by atoms with Crippen LogP contribution in [0.2, 0.25) is 0 Å². The molecule has 1 unspecified atom stereocenters. The third kappa shape index (κ3) is 4.95. The van der Waals surface area contributed by atoms with Crippen LogP contribution >= 0.6 is 0 Å². The fourth-order valence-corrected chi connectivity index (χ4v) is 1.46. The van der Waals surface area contributed by atoms with Gasteiger partial charge in [-0.2, -0.15) is 0 Å². The van der Waals surface area contributed by atoms with Gasteiger partial charge in [0.2, 0.25) is 0 Å². The molecule has 0 aliphatic heterocycles. The molecule has 0 aliphatic carbocycles. The van der Waals surface area contributed by atoms with Crippen molar-refractivity contribution >= 4 is 0 Å². The Morgan fingerprint density at radius 1 is 1.06 bits per heavy atom. The van der Waals surface area contributed by atoms with E-state index in [1.54, 1.807) is 14.2 Å². The van der Waals surface area contributed by atoms with Gasteiger partial charge in [-0.05, 0) is 19.8 Å². The van der Waals surface area contributed by atoms with Gasteiger partial charge in [-0.15, -0.1) is 0 Å². The average Bonchev–Trinajstić information content (AvgIpc) is 2.34. The van der Waals surface area contributed by atoms with Crippen molar-refractivity contribution in [3.63, 3.8) is 0 Å². The fraction of sp³-hybridized carbons (Fsp3) is 0.538. The van der Waals surface area contributed by atoms with Crippen LogP contribution in [0.4, 0.5) is 0 Å². The van der Waals surface area contributed by atoms with E-state index in [0.717, 1.165) is 30.1 Å². The van der Waals surface area contributed by atoms with E-state index in [1.165, 1.54) is 0 Å². The van der Waals surface area contributed by atoms with Crippen LogP contribution < -0.4 is 19.9 Å². The summed E-state index contributed by atoms with van der Waals surface area (Å²) in [4.78, 5) is 0. The van der Waals surface area contributed by atoms with Gasteiger partial charge in [0.05, 0.1) is 20.8 Å². The van der Waals surface area contributed by atoms with E-state index < -0.39 is 0 Å². The van der Waals surface area contributed by atoms with Gasteiger partial charge in [-0.25, -0.2) is 0 Å². The highest BCUT2D eigenvalue weighted by atomic mass is 16.5. The molecule has 0 aliphatic rings. The predicted octanol–water partition coefficient (Wildman–Crippen LogP) is 2.21. The zero-order valence-electron chi connectivity index (χ0n) is 10.7. The summed E-state index contributed by atoms with van der Waals surface area (Å²) in [5, 5.41) is 0. The molecule has 0 saturated carbocycles. The van der Waals surface area contributed by atoms with Crippen molar-refractivity contribution in [3.8, 4) is 17.2 Å². The smallest absolute Gasteiger partial charge is 0.126 e. The van der Waals surface area contributed by atoms with Crippen molar-refractivity contribution in [3.05, 3.63) is 18.2 Å². The monoisotopic (exact) mass is 239 g/mol. The fourth-order valence-electron chi connectivity index (χ4n) is 1.46. The Hall–Kier alpha value is -1.42. The first-order chi connectivity index (χ1) is 8.15. The number of hydrogen-bond acceptors (Lipinski definition) is 4. The van der Waals surface area contributed by atoms with Crippen LogP contribution in [0.3, 0.4) is 0 Å². The molecule has 0 fully saturated rings. The number of benzene rings is 1. The second kappa shape index (κ2) is 7.01. The van der Waals surface area contributed by atoms with E-state index in [1.807, 2.05) is 25.1 Å². The van der Waals surface area contributed by atoms with Crippen LogP contribution in [0, 0.1) is 0 Å². The second-order valence-electron chi connectivity index (χ2n) is 4.02. The standard InChI is InChI=1S/C13H21NO3/c1-10(14)5-4-6-17-13-8-11(15-2)7-12(9-13)16-3/h7-10H,4-6,14H2,1-3H3. The molecular weight excluding hydrogens is 218 g/mol. The minimum absolute atomic E-state index is 0.221. The van der Waals surface area contributed by atoms with Gasteiger partial charge in [0.25, 0.3) is 0 Å². The van der Waals surface area contributed by atoms with Crippen LogP contribution in [-0.4, -0.2) is 26.9 Å². The molecule has 96 valence electrons. The minimum atomic E-state index is 0.221. The van der Waals surface area contributed by atoms with Crippen LogP contribution in [-0.2, 0) is 0 Å². The van der Waals surface area contributed by atoms with E-state index in [9.17, 15) is 0 Å². The summed E-state index contributed by atoms with van der Waals surface area (Å²) in [6.07, 6.45) is 1.90. The molecule has 1 aromatic carbocycles. The molecule has 0 saturated heterocycles. The Morgan fingerprint density at radius 2 is 1.59 bits per heavy atom. The summed E-state index contributed by atoms with van der Waals surface area (Å²) in [7, 11) is 3.24. The van der Waals surface area contributed by atoms with Crippen LogP contribution in [0.25, 0.3) is 0 Å². The van der Waals surface area contributed by atoms with Gasteiger partial charge in [-0.1, -0.05) is 0 Å². The van der Waals surface area contributed by atoms with Gasteiger partial charge < -0.3 is 19.9 Å². The summed E-state index contributed by atoms with van der Waals surface area (Å²) in [6.45, 7) is 2.65. The van der Waals surface area contributed by atoms with E-state index in [2.05, 4.69) is 0 Å². The lowest BCUT2D eigenvalue weighted by atomic mass is 10.2. The van der Waals surface area contributed by atoms with Crippen molar-refractivity contribution < 1.29 is 14.2 Å². The largest absolute Gasteiger partial charge is 0.496 e. The first-order valence-electron chi connectivity index (χ1n) is 5.77. The van der Waals surface area contributed by atoms with Crippen LogP contribution in [0.15, 0.2) is 18.2 Å². The average molecular weight is 239 g/mol. The van der Waals surface area contributed by atoms with Gasteiger partial charge in [0.15, 0.2) is 0 Å². The van der Waals surface area contributed by atoms with Crippen molar-refractivity contribution in [2.75, 3.05) is 20.8 Å². The highest BCUT2D eigenvalue weighted by Crippen LogP contribution is 2.27. The summed E-state index contributed by atoms with van der Waals surface area (Å²) < 4.78 is 15.9. The first kappa shape index (κ1) is 13.6. The number of methoxy groups -OCH3 is 2. The minimum Gasteiger partial charge on any atom is -0.496 e. The van der Waals surface area contributed by atoms with E-state index in [0.29, 0.717) is 6.61 Å². The van der Waals surface area contributed by atoms with Gasteiger partial charge in [0, 0.05) is 24.2 Å². The molecule has 0 radical (unpaired) electrons. The zero-order chi connectivity index (χ0) is 12.7. The zero-order valence-corrected chi connectivity index (χ0v) is 10.7. The lowest BCUT2D eigenvalue weighted by Crippen LogP contribution is -2.15. The topological polar surface area (TPSA) is 53.7 Å². The normalized spacial score (nSPS) is 12.0.